The molecule has 180 valence electrons. The first-order chi connectivity index (χ1) is 16.3. The predicted octanol–water partition coefficient (Wildman–Crippen LogP) is 4.12. The summed E-state index contributed by atoms with van der Waals surface area (Å²) in [6.07, 6.45) is -0.186. The van der Waals surface area contributed by atoms with Crippen LogP contribution < -0.4 is 5.32 Å². The lowest BCUT2D eigenvalue weighted by atomic mass is 9.98. The van der Waals surface area contributed by atoms with Gasteiger partial charge in [-0.15, -0.1) is 0 Å². The smallest absolute Gasteiger partial charge is 0.407 e. The first-order valence-corrected chi connectivity index (χ1v) is 11.9. The molecule has 0 radical (unpaired) electrons. The van der Waals surface area contributed by atoms with Crippen LogP contribution in [0.4, 0.5) is 4.79 Å². The Hall–Kier alpha value is -3.35. The summed E-state index contributed by atoms with van der Waals surface area (Å²) in [5, 5.41) is 12.2. The van der Waals surface area contributed by atoms with Crippen LogP contribution in [0, 0.1) is 17.8 Å². The third kappa shape index (κ3) is 4.79. The van der Waals surface area contributed by atoms with Crippen LogP contribution in [-0.4, -0.2) is 53.7 Å². The molecule has 1 aliphatic heterocycles. The molecule has 2 aromatic rings. The maximum absolute atomic E-state index is 13.2. The first kappa shape index (κ1) is 23.8. The fraction of sp³-hybridized carbons (Fsp3) is 0.444. The van der Waals surface area contributed by atoms with E-state index in [4.69, 9.17) is 4.74 Å². The molecule has 3 atom stereocenters. The molecule has 2 amide bonds. The Bertz CT molecular complexity index is 1040. The molecule has 7 heteroatoms. The van der Waals surface area contributed by atoms with Crippen LogP contribution in [0.5, 0.6) is 0 Å². The Labute approximate surface area is 200 Å². The number of ether oxygens (including phenoxy) is 1. The first-order valence-electron chi connectivity index (χ1n) is 11.9. The van der Waals surface area contributed by atoms with Crippen molar-refractivity contribution in [3.8, 4) is 11.1 Å². The number of carbonyl (C=O) groups excluding carboxylic acids is 2. The fourth-order valence-electron chi connectivity index (χ4n) is 5.16. The number of aliphatic carboxylic acids is 1. The maximum Gasteiger partial charge on any atom is 0.407 e. The van der Waals surface area contributed by atoms with Gasteiger partial charge in [0.25, 0.3) is 0 Å². The van der Waals surface area contributed by atoms with Crippen molar-refractivity contribution in [1.29, 1.82) is 0 Å². The Morgan fingerprint density at radius 1 is 1.03 bits per heavy atom. The minimum Gasteiger partial charge on any atom is -0.481 e. The molecule has 1 fully saturated rings. The normalized spacial score (nSPS) is 20.1. The molecular formula is C27H32N2O5. The van der Waals surface area contributed by atoms with Crippen LogP contribution in [0.15, 0.2) is 48.5 Å². The molecule has 34 heavy (non-hydrogen) atoms. The predicted molar refractivity (Wildman–Crippen MR) is 128 cm³/mol. The average Bonchev–Trinajstić information content (AvgIpc) is 3.35. The lowest BCUT2D eigenvalue weighted by Gasteiger charge is -2.25. The second-order valence-corrected chi connectivity index (χ2v) is 9.82. The standard InChI is InChI=1S/C27H32N2O5/c1-16(2)12-24(25(30)29-13-17(3)22(14-29)26(31)32)28-27(33)34-15-23-20-10-6-4-8-18(20)19-9-5-7-11-21(19)23/h4-11,16-17,22-24H,12-15H2,1-3H3,(H,28,33)(H,31,32)/t17-,22-,24+/m1/s1. The monoisotopic (exact) mass is 464 g/mol. The van der Waals surface area contributed by atoms with Gasteiger partial charge in [0.1, 0.15) is 12.6 Å². The van der Waals surface area contributed by atoms with Gasteiger partial charge in [0.2, 0.25) is 5.91 Å². The Balaban J connectivity index is 1.42. The van der Waals surface area contributed by atoms with E-state index in [9.17, 15) is 19.5 Å². The number of carbonyl (C=O) groups is 3. The van der Waals surface area contributed by atoms with Gasteiger partial charge in [-0.2, -0.15) is 0 Å². The summed E-state index contributed by atoms with van der Waals surface area (Å²) < 4.78 is 5.63. The molecular weight excluding hydrogens is 432 g/mol. The molecule has 1 aliphatic carbocycles. The van der Waals surface area contributed by atoms with E-state index in [0.29, 0.717) is 13.0 Å². The number of rotatable bonds is 7. The fourth-order valence-corrected chi connectivity index (χ4v) is 5.16. The topological polar surface area (TPSA) is 95.9 Å². The zero-order valence-electron chi connectivity index (χ0n) is 19.9. The third-order valence-electron chi connectivity index (χ3n) is 6.88. The number of amides is 2. The van der Waals surface area contributed by atoms with Crippen LogP contribution in [0.1, 0.15) is 44.2 Å². The van der Waals surface area contributed by atoms with Gasteiger partial charge in [-0.3, -0.25) is 9.59 Å². The van der Waals surface area contributed by atoms with Crippen molar-refractivity contribution in [2.75, 3.05) is 19.7 Å². The number of hydrogen-bond donors (Lipinski definition) is 2. The summed E-state index contributed by atoms with van der Waals surface area (Å²) in [6.45, 7) is 6.50. The Kier molecular flexibility index (Phi) is 6.91. The zero-order valence-corrected chi connectivity index (χ0v) is 19.9. The molecule has 1 saturated heterocycles. The molecule has 2 N–H and O–H groups in total. The minimum absolute atomic E-state index is 0.0619. The lowest BCUT2D eigenvalue weighted by Crippen LogP contribution is -2.49. The number of benzene rings is 2. The summed E-state index contributed by atoms with van der Waals surface area (Å²) in [4.78, 5) is 39.0. The molecule has 0 bridgehead atoms. The summed E-state index contributed by atoms with van der Waals surface area (Å²) in [6, 6.07) is 15.5. The van der Waals surface area contributed by atoms with E-state index in [-0.39, 0.29) is 36.8 Å². The third-order valence-corrected chi connectivity index (χ3v) is 6.88. The number of hydrogen-bond acceptors (Lipinski definition) is 4. The molecule has 4 rings (SSSR count). The summed E-state index contributed by atoms with van der Waals surface area (Å²) >= 11 is 0. The number of alkyl carbamates (subject to hydrolysis) is 1. The summed E-state index contributed by atoms with van der Waals surface area (Å²) in [7, 11) is 0. The number of carboxylic acids is 1. The number of likely N-dealkylation sites (tertiary alicyclic amines) is 1. The van der Waals surface area contributed by atoms with Crippen molar-refractivity contribution in [3.63, 3.8) is 0 Å². The van der Waals surface area contributed by atoms with E-state index >= 15 is 0 Å². The van der Waals surface area contributed by atoms with E-state index in [2.05, 4.69) is 29.6 Å². The van der Waals surface area contributed by atoms with Crippen LogP contribution in [-0.2, 0) is 14.3 Å². The largest absolute Gasteiger partial charge is 0.481 e. The molecule has 2 aliphatic rings. The minimum atomic E-state index is -0.896. The van der Waals surface area contributed by atoms with Gasteiger partial charge in [-0.25, -0.2) is 4.79 Å². The van der Waals surface area contributed by atoms with Crippen molar-refractivity contribution < 1.29 is 24.2 Å². The molecule has 0 unspecified atom stereocenters. The van der Waals surface area contributed by atoms with Crippen LogP contribution in [0.3, 0.4) is 0 Å². The molecule has 0 saturated carbocycles. The van der Waals surface area contributed by atoms with Gasteiger partial charge in [-0.1, -0.05) is 69.3 Å². The second kappa shape index (κ2) is 9.87. The van der Waals surface area contributed by atoms with Gasteiger partial charge in [-0.05, 0) is 40.5 Å². The van der Waals surface area contributed by atoms with Crippen molar-refractivity contribution in [3.05, 3.63) is 59.7 Å². The molecule has 0 spiro atoms. The average molecular weight is 465 g/mol. The zero-order chi connectivity index (χ0) is 24.4. The van der Waals surface area contributed by atoms with Crippen molar-refractivity contribution in [2.24, 2.45) is 17.8 Å². The Morgan fingerprint density at radius 2 is 1.62 bits per heavy atom. The van der Waals surface area contributed by atoms with Crippen LogP contribution in [0.25, 0.3) is 11.1 Å². The van der Waals surface area contributed by atoms with E-state index in [1.807, 2.05) is 45.0 Å². The van der Waals surface area contributed by atoms with Gasteiger partial charge < -0.3 is 20.1 Å². The SMILES string of the molecule is CC(C)C[C@H](NC(=O)OCC1c2ccccc2-c2ccccc21)C(=O)N1C[C@@H](C)[C@H](C(=O)O)C1. The van der Waals surface area contributed by atoms with E-state index in [0.717, 1.165) is 22.3 Å². The summed E-state index contributed by atoms with van der Waals surface area (Å²) in [5.41, 5.74) is 4.54. The number of carboxylic acid groups (broad SMARTS) is 1. The van der Waals surface area contributed by atoms with Gasteiger partial charge in [0.15, 0.2) is 0 Å². The molecule has 7 nitrogen and oxygen atoms in total. The molecule has 1 heterocycles. The highest BCUT2D eigenvalue weighted by atomic mass is 16.5. The van der Waals surface area contributed by atoms with Crippen LogP contribution >= 0.6 is 0 Å². The molecule has 0 aromatic heterocycles. The van der Waals surface area contributed by atoms with E-state index in [1.54, 1.807) is 4.90 Å². The lowest BCUT2D eigenvalue weighted by molar-refractivity contribution is -0.142. The summed E-state index contributed by atoms with van der Waals surface area (Å²) in [5.74, 6) is -1.76. The van der Waals surface area contributed by atoms with Crippen LogP contribution in [0.2, 0.25) is 0 Å². The highest BCUT2D eigenvalue weighted by Gasteiger charge is 2.39. The van der Waals surface area contributed by atoms with E-state index in [1.165, 1.54) is 0 Å². The van der Waals surface area contributed by atoms with Crippen molar-refractivity contribution >= 4 is 18.0 Å². The second-order valence-electron chi connectivity index (χ2n) is 9.82. The van der Waals surface area contributed by atoms with Gasteiger partial charge in [0.05, 0.1) is 5.92 Å². The van der Waals surface area contributed by atoms with Gasteiger partial charge >= 0.3 is 12.1 Å². The maximum atomic E-state index is 13.2. The van der Waals surface area contributed by atoms with Gasteiger partial charge in [0, 0.05) is 19.0 Å². The highest BCUT2D eigenvalue weighted by molar-refractivity contribution is 5.87. The van der Waals surface area contributed by atoms with E-state index < -0.39 is 24.0 Å². The van der Waals surface area contributed by atoms with Crippen molar-refractivity contribution in [1.82, 2.24) is 10.2 Å². The quantitative estimate of drug-likeness (QED) is 0.643. The highest BCUT2D eigenvalue weighted by Crippen LogP contribution is 2.44. The van der Waals surface area contributed by atoms with Crippen molar-refractivity contribution in [2.45, 2.75) is 39.2 Å². The molecule has 2 aromatic carbocycles. The number of nitrogens with one attached hydrogen (secondary N) is 1. The number of fused-ring (bicyclic) bond motifs is 3. The number of nitrogens with zero attached hydrogens (tertiary/aromatic N) is 1. The Morgan fingerprint density at radius 3 is 2.15 bits per heavy atom.